The van der Waals surface area contributed by atoms with Crippen molar-refractivity contribution in [3.8, 4) is 16.9 Å². The van der Waals surface area contributed by atoms with Gasteiger partial charge in [-0.2, -0.15) is 0 Å². The zero-order valence-corrected chi connectivity index (χ0v) is 11.2. The van der Waals surface area contributed by atoms with Crippen molar-refractivity contribution < 1.29 is 9.47 Å². The molecule has 1 spiro atoms. The van der Waals surface area contributed by atoms with Crippen molar-refractivity contribution in [2.24, 2.45) is 0 Å². The number of ether oxygens (including phenoxy) is 2. The molecular weight excluding hydrogens is 248 g/mol. The Bertz CT molecular complexity index is 652. The second-order valence-electron chi connectivity index (χ2n) is 5.29. The van der Waals surface area contributed by atoms with E-state index in [4.69, 9.17) is 9.47 Å². The van der Waals surface area contributed by atoms with E-state index in [-0.39, 0.29) is 0 Å². The van der Waals surface area contributed by atoms with Crippen LogP contribution < -0.4 is 4.74 Å². The molecule has 1 saturated heterocycles. The molecule has 0 saturated carbocycles. The minimum absolute atomic E-state index is 0.544. The summed E-state index contributed by atoms with van der Waals surface area (Å²) in [6.45, 7) is 0.771. The van der Waals surface area contributed by atoms with Crippen molar-refractivity contribution in [3.63, 3.8) is 0 Å². The zero-order chi connectivity index (χ0) is 13.4. The van der Waals surface area contributed by atoms with Crippen molar-refractivity contribution in [3.05, 3.63) is 60.2 Å². The molecular formula is C18H16O2. The molecule has 1 unspecified atom stereocenters. The average Bonchev–Trinajstić information content (AvgIpc) is 2.95. The Morgan fingerprint density at radius 2 is 1.85 bits per heavy atom. The Kier molecular flexibility index (Phi) is 2.64. The van der Waals surface area contributed by atoms with Crippen LogP contribution in [-0.4, -0.2) is 12.4 Å². The second-order valence-corrected chi connectivity index (χ2v) is 5.29. The molecule has 2 heteroatoms. The maximum absolute atomic E-state index is 6.26. The van der Waals surface area contributed by atoms with E-state index in [1.165, 1.54) is 5.56 Å². The quantitative estimate of drug-likeness (QED) is 0.766. The van der Waals surface area contributed by atoms with Gasteiger partial charge in [-0.25, -0.2) is 0 Å². The van der Waals surface area contributed by atoms with Gasteiger partial charge in [-0.15, -0.1) is 0 Å². The molecule has 20 heavy (non-hydrogen) atoms. The molecule has 0 N–H and O–H groups in total. The highest BCUT2D eigenvalue weighted by Gasteiger charge is 2.38. The summed E-state index contributed by atoms with van der Waals surface area (Å²) < 4.78 is 12.1. The number of benzene rings is 2. The van der Waals surface area contributed by atoms with E-state index in [1.54, 1.807) is 0 Å². The largest absolute Gasteiger partial charge is 0.457 e. The lowest BCUT2D eigenvalue weighted by atomic mass is 9.98. The summed E-state index contributed by atoms with van der Waals surface area (Å²) in [6, 6.07) is 16.6. The van der Waals surface area contributed by atoms with Crippen LogP contribution in [0, 0.1) is 0 Å². The highest BCUT2D eigenvalue weighted by molar-refractivity contribution is 5.77. The summed E-state index contributed by atoms with van der Waals surface area (Å²) in [5.41, 5.74) is 3.42. The van der Waals surface area contributed by atoms with E-state index in [2.05, 4.69) is 54.6 Å². The van der Waals surface area contributed by atoms with Crippen molar-refractivity contribution in [1.82, 2.24) is 0 Å². The maximum Gasteiger partial charge on any atom is 0.230 e. The lowest BCUT2D eigenvalue weighted by molar-refractivity contribution is -0.110. The topological polar surface area (TPSA) is 18.5 Å². The van der Waals surface area contributed by atoms with Gasteiger partial charge < -0.3 is 9.47 Å². The third kappa shape index (κ3) is 1.84. The number of fused-ring (bicyclic) bond motifs is 1. The molecule has 4 rings (SSSR count). The summed E-state index contributed by atoms with van der Waals surface area (Å²) in [7, 11) is 0. The van der Waals surface area contributed by atoms with Crippen LogP contribution in [0.25, 0.3) is 17.2 Å². The molecule has 2 aliphatic rings. The molecule has 100 valence electrons. The maximum atomic E-state index is 6.26. The monoisotopic (exact) mass is 264 g/mol. The fraction of sp³-hybridized carbons (Fsp3) is 0.222. The van der Waals surface area contributed by atoms with Crippen LogP contribution in [0.15, 0.2) is 54.6 Å². The normalized spacial score (nSPS) is 23.6. The second kappa shape index (κ2) is 4.50. The van der Waals surface area contributed by atoms with Gasteiger partial charge in [0.15, 0.2) is 0 Å². The van der Waals surface area contributed by atoms with Crippen molar-refractivity contribution in [2.45, 2.75) is 18.6 Å². The molecule has 0 radical (unpaired) electrons. The molecule has 2 aromatic rings. The van der Waals surface area contributed by atoms with Gasteiger partial charge in [0.05, 0.1) is 6.61 Å². The Morgan fingerprint density at radius 1 is 0.950 bits per heavy atom. The van der Waals surface area contributed by atoms with E-state index in [0.717, 1.165) is 36.3 Å². The minimum atomic E-state index is -0.544. The van der Waals surface area contributed by atoms with Gasteiger partial charge in [0, 0.05) is 17.5 Å². The van der Waals surface area contributed by atoms with Crippen molar-refractivity contribution in [2.75, 3.05) is 6.61 Å². The van der Waals surface area contributed by atoms with Gasteiger partial charge >= 0.3 is 0 Å². The number of para-hydroxylation sites is 1. The Morgan fingerprint density at radius 3 is 2.65 bits per heavy atom. The molecule has 2 heterocycles. The molecule has 0 aliphatic carbocycles. The van der Waals surface area contributed by atoms with E-state index in [1.807, 2.05) is 6.07 Å². The zero-order valence-electron chi connectivity index (χ0n) is 11.2. The summed E-state index contributed by atoms with van der Waals surface area (Å²) in [5, 5.41) is 0. The smallest absolute Gasteiger partial charge is 0.230 e. The van der Waals surface area contributed by atoms with Crippen molar-refractivity contribution >= 4 is 6.08 Å². The third-order valence-electron chi connectivity index (χ3n) is 3.94. The predicted molar refractivity (Wildman–Crippen MR) is 79.5 cm³/mol. The predicted octanol–water partition coefficient (Wildman–Crippen LogP) is 4.27. The summed E-state index contributed by atoms with van der Waals surface area (Å²) in [6.07, 6.45) is 6.15. The van der Waals surface area contributed by atoms with Gasteiger partial charge in [-0.3, -0.25) is 0 Å². The lowest BCUT2D eigenvalue weighted by Gasteiger charge is -2.31. The summed E-state index contributed by atoms with van der Waals surface area (Å²) >= 11 is 0. The Hall–Kier alpha value is -2.06. The van der Waals surface area contributed by atoms with Crippen LogP contribution >= 0.6 is 0 Å². The van der Waals surface area contributed by atoms with Gasteiger partial charge in [0.25, 0.3) is 0 Å². The highest BCUT2D eigenvalue weighted by Crippen LogP contribution is 2.42. The molecule has 0 amide bonds. The van der Waals surface area contributed by atoms with E-state index < -0.39 is 5.79 Å². The number of hydrogen-bond acceptors (Lipinski definition) is 2. The standard InChI is InChI=1S/C18H16O2/c1-2-6-14(7-3-1)16-9-4-8-15-10-12-18(20-17(15)16)11-5-13-19-18/h1-4,6-10,12H,5,11,13H2. The molecule has 2 aliphatic heterocycles. The lowest BCUT2D eigenvalue weighted by Crippen LogP contribution is -2.34. The number of rotatable bonds is 1. The molecule has 2 nitrogen and oxygen atoms in total. The molecule has 0 bridgehead atoms. The first-order valence-electron chi connectivity index (χ1n) is 7.07. The van der Waals surface area contributed by atoms with E-state index in [0.29, 0.717) is 0 Å². The van der Waals surface area contributed by atoms with Crippen LogP contribution in [0.2, 0.25) is 0 Å². The third-order valence-corrected chi connectivity index (χ3v) is 3.94. The first-order valence-corrected chi connectivity index (χ1v) is 7.07. The first kappa shape index (κ1) is 11.7. The van der Waals surface area contributed by atoms with Crippen LogP contribution in [0.1, 0.15) is 18.4 Å². The minimum Gasteiger partial charge on any atom is -0.457 e. The van der Waals surface area contributed by atoms with Gasteiger partial charge in [-0.1, -0.05) is 48.5 Å². The first-order chi connectivity index (χ1) is 9.86. The van der Waals surface area contributed by atoms with E-state index in [9.17, 15) is 0 Å². The van der Waals surface area contributed by atoms with E-state index >= 15 is 0 Å². The highest BCUT2D eigenvalue weighted by atomic mass is 16.7. The molecule has 1 fully saturated rings. The van der Waals surface area contributed by atoms with Crippen LogP contribution in [0.3, 0.4) is 0 Å². The van der Waals surface area contributed by atoms with Gasteiger partial charge in [0.2, 0.25) is 5.79 Å². The number of hydrogen-bond donors (Lipinski definition) is 0. The fourth-order valence-electron chi connectivity index (χ4n) is 2.92. The summed E-state index contributed by atoms with van der Waals surface area (Å²) in [4.78, 5) is 0. The van der Waals surface area contributed by atoms with Crippen molar-refractivity contribution in [1.29, 1.82) is 0 Å². The average molecular weight is 264 g/mol. The Balaban J connectivity index is 1.83. The van der Waals surface area contributed by atoms with Gasteiger partial charge in [0.1, 0.15) is 5.75 Å². The SMILES string of the molecule is C1=CC2(CCCO2)Oc2c1cccc2-c1ccccc1. The van der Waals surface area contributed by atoms with Crippen LogP contribution in [0.4, 0.5) is 0 Å². The van der Waals surface area contributed by atoms with Gasteiger partial charge in [-0.05, 0) is 24.1 Å². The summed E-state index contributed by atoms with van der Waals surface area (Å²) in [5.74, 6) is 0.390. The fourth-order valence-corrected chi connectivity index (χ4v) is 2.92. The molecule has 0 aromatic heterocycles. The Labute approximate surface area is 118 Å². The van der Waals surface area contributed by atoms with Crippen LogP contribution in [-0.2, 0) is 4.74 Å². The van der Waals surface area contributed by atoms with Crippen LogP contribution in [0.5, 0.6) is 5.75 Å². The molecule has 2 aromatic carbocycles. The molecule has 1 atom stereocenters.